The normalized spacial score (nSPS) is 21.9. The topological polar surface area (TPSA) is 73.0 Å². The van der Waals surface area contributed by atoms with E-state index in [1.54, 1.807) is 15.9 Å². The quantitative estimate of drug-likeness (QED) is 0.608. The lowest BCUT2D eigenvalue weighted by atomic mass is 9.98. The van der Waals surface area contributed by atoms with Crippen molar-refractivity contribution in [2.24, 2.45) is 0 Å². The van der Waals surface area contributed by atoms with Gasteiger partial charge >= 0.3 is 0 Å². The smallest absolute Gasteiger partial charge is 0.257 e. The lowest BCUT2D eigenvalue weighted by Crippen LogP contribution is -2.62. The molecular formula is C29H36N4O3. The van der Waals surface area contributed by atoms with Crippen molar-refractivity contribution >= 4 is 23.4 Å². The maximum absolute atomic E-state index is 13.3. The van der Waals surface area contributed by atoms with Gasteiger partial charge in [-0.2, -0.15) is 0 Å². The second-order valence-corrected chi connectivity index (χ2v) is 10.5. The van der Waals surface area contributed by atoms with Gasteiger partial charge in [-0.25, -0.2) is 0 Å². The molecule has 3 aliphatic rings. The number of carbonyl (C=O) groups is 3. The molecule has 5 rings (SSSR count). The number of rotatable bonds is 8. The van der Waals surface area contributed by atoms with Crippen LogP contribution in [0.3, 0.4) is 0 Å². The van der Waals surface area contributed by atoms with E-state index in [4.69, 9.17) is 0 Å². The number of hydrogen-bond donors (Lipinski definition) is 1. The molecule has 0 unspecified atom stereocenters. The maximum atomic E-state index is 13.3. The van der Waals surface area contributed by atoms with E-state index in [-0.39, 0.29) is 17.7 Å². The van der Waals surface area contributed by atoms with Crippen LogP contribution in [0.4, 0.5) is 5.69 Å². The highest BCUT2D eigenvalue weighted by Gasteiger charge is 2.52. The van der Waals surface area contributed by atoms with E-state index >= 15 is 0 Å². The number of carbonyl (C=O) groups excluding carboxylic acids is 3. The van der Waals surface area contributed by atoms with Crippen LogP contribution >= 0.6 is 0 Å². The predicted octanol–water partition coefficient (Wildman–Crippen LogP) is 4.07. The molecular weight excluding hydrogens is 452 g/mol. The van der Waals surface area contributed by atoms with Crippen molar-refractivity contribution in [3.05, 3.63) is 65.2 Å². The van der Waals surface area contributed by atoms with Crippen molar-refractivity contribution < 1.29 is 14.4 Å². The zero-order chi connectivity index (χ0) is 25.1. The first kappa shape index (κ1) is 24.5. The number of anilines is 1. The largest absolute Gasteiger partial charge is 0.352 e. The summed E-state index contributed by atoms with van der Waals surface area (Å²) in [7, 11) is 0. The molecule has 3 aliphatic heterocycles. The summed E-state index contributed by atoms with van der Waals surface area (Å²) in [6.07, 6.45) is 5.83. The van der Waals surface area contributed by atoms with Crippen molar-refractivity contribution in [3.63, 3.8) is 0 Å². The van der Waals surface area contributed by atoms with E-state index < -0.39 is 5.66 Å². The monoisotopic (exact) mass is 488 g/mol. The molecule has 0 bridgehead atoms. The molecule has 7 nitrogen and oxygen atoms in total. The van der Waals surface area contributed by atoms with E-state index in [0.29, 0.717) is 50.0 Å². The van der Waals surface area contributed by atoms with E-state index in [9.17, 15) is 14.4 Å². The summed E-state index contributed by atoms with van der Waals surface area (Å²) in [6.45, 7) is 6.25. The molecule has 1 N–H and O–H groups in total. The van der Waals surface area contributed by atoms with Crippen LogP contribution in [-0.4, -0.2) is 52.8 Å². The first-order valence-corrected chi connectivity index (χ1v) is 13.3. The molecule has 0 radical (unpaired) electrons. The number of nitrogens with zero attached hydrogens (tertiary/aromatic N) is 3. The van der Waals surface area contributed by atoms with Gasteiger partial charge in [0.2, 0.25) is 11.8 Å². The van der Waals surface area contributed by atoms with E-state index in [1.165, 1.54) is 37.9 Å². The molecule has 190 valence electrons. The minimum atomic E-state index is -0.672. The van der Waals surface area contributed by atoms with Crippen LogP contribution in [0.5, 0.6) is 0 Å². The summed E-state index contributed by atoms with van der Waals surface area (Å²) < 4.78 is 0. The van der Waals surface area contributed by atoms with E-state index in [0.717, 1.165) is 12.1 Å². The summed E-state index contributed by atoms with van der Waals surface area (Å²) in [5, 5.41) is 3.01. The van der Waals surface area contributed by atoms with E-state index in [2.05, 4.69) is 34.5 Å². The van der Waals surface area contributed by atoms with Crippen molar-refractivity contribution in [3.8, 4) is 0 Å². The first-order chi connectivity index (χ1) is 17.5. The number of para-hydroxylation sites is 1. The zero-order valence-electron chi connectivity index (χ0n) is 21.2. The van der Waals surface area contributed by atoms with Crippen LogP contribution in [0.25, 0.3) is 0 Å². The molecule has 2 aromatic carbocycles. The van der Waals surface area contributed by atoms with Gasteiger partial charge in [0.15, 0.2) is 0 Å². The van der Waals surface area contributed by atoms with Gasteiger partial charge in [0, 0.05) is 32.5 Å². The highest BCUT2D eigenvalue weighted by atomic mass is 16.2. The molecule has 7 heteroatoms. The minimum Gasteiger partial charge on any atom is -0.352 e. The third kappa shape index (κ3) is 4.89. The molecule has 2 fully saturated rings. The number of fused-ring (bicyclic) bond motifs is 3. The third-order valence-electron chi connectivity index (χ3n) is 7.90. The Balaban J connectivity index is 1.12. The van der Waals surface area contributed by atoms with Crippen LogP contribution in [0.15, 0.2) is 48.5 Å². The first-order valence-electron chi connectivity index (χ1n) is 13.3. The Morgan fingerprint density at radius 3 is 2.47 bits per heavy atom. The molecule has 3 heterocycles. The standard InChI is InChI=1S/C29H36N4O3/c1-29-16-15-27(35)33(29)25-9-4-3-8-24(25)28(36)32(29)19-7-10-26(34)30-20-22-11-13-23(14-12-22)21-31-17-5-2-6-18-31/h3-4,8-9,11-14H,2,5-7,10,15-21H2,1H3,(H,30,34)/t29-/m1/s1. The SMILES string of the molecule is C[C@]12CCC(=O)N1c1ccccc1C(=O)N2CCCC(=O)NCc1ccc(CN2CCCCC2)cc1. The Hall–Kier alpha value is -3.19. The Kier molecular flexibility index (Phi) is 7.10. The van der Waals surface area contributed by atoms with Gasteiger partial charge in [-0.3, -0.25) is 24.2 Å². The van der Waals surface area contributed by atoms with Gasteiger partial charge in [-0.15, -0.1) is 0 Å². The number of amides is 3. The van der Waals surface area contributed by atoms with Gasteiger partial charge in [-0.05, 0) is 69.0 Å². The highest BCUT2D eigenvalue weighted by Crippen LogP contribution is 2.44. The Morgan fingerprint density at radius 1 is 0.972 bits per heavy atom. The van der Waals surface area contributed by atoms with Gasteiger partial charge in [0.1, 0.15) is 5.66 Å². The Bertz CT molecular complexity index is 1130. The number of hydrogen-bond acceptors (Lipinski definition) is 4. The number of nitrogens with one attached hydrogen (secondary N) is 1. The molecule has 0 spiro atoms. The van der Waals surface area contributed by atoms with Gasteiger partial charge in [0.25, 0.3) is 5.91 Å². The molecule has 2 saturated heterocycles. The van der Waals surface area contributed by atoms with Crippen LogP contribution in [0, 0.1) is 0 Å². The highest BCUT2D eigenvalue weighted by molar-refractivity contribution is 6.10. The average molecular weight is 489 g/mol. The van der Waals surface area contributed by atoms with Gasteiger partial charge < -0.3 is 10.2 Å². The van der Waals surface area contributed by atoms with Crippen LogP contribution in [-0.2, 0) is 22.7 Å². The van der Waals surface area contributed by atoms with Crippen molar-refractivity contribution in [1.29, 1.82) is 0 Å². The number of likely N-dealkylation sites (tertiary alicyclic amines) is 1. The fourth-order valence-corrected chi connectivity index (χ4v) is 5.87. The Labute approximate surface area is 213 Å². The van der Waals surface area contributed by atoms with Crippen molar-refractivity contribution in [2.75, 3.05) is 24.5 Å². The summed E-state index contributed by atoms with van der Waals surface area (Å²) >= 11 is 0. The lowest BCUT2D eigenvalue weighted by Gasteiger charge is -2.48. The number of piperidine rings is 1. The summed E-state index contributed by atoms with van der Waals surface area (Å²) in [5.41, 5.74) is 2.98. The molecule has 2 aromatic rings. The second kappa shape index (κ2) is 10.4. The molecule has 0 saturated carbocycles. The van der Waals surface area contributed by atoms with E-state index in [1.807, 2.05) is 25.1 Å². The minimum absolute atomic E-state index is 0.0261. The summed E-state index contributed by atoms with van der Waals surface area (Å²) in [5.74, 6) is -0.0481. The average Bonchev–Trinajstić information content (AvgIpc) is 3.21. The van der Waals surface area contributed by atoms with Crippen molar-refractivity contribution in [1.82, 2.24) is 15.1 Å². The van der Waals surface area contributed by atoms with Crippen LogP contribution in [0.2, 0.25) is 0 Å². The summed E-state index contributed by atoms with van der Waals surface area (Å²) in [6, 6.07) is 15.8. The third-order valence-corrected chi connectivity index (χ3v) is 7.90. The lowest BCUT2D eigenvalue weighted by molar-refractivity contribution is -0.121. The second-order valence-electron chi connectivity index (χ2n) is 10.5. The summed E-state index contributed by atoms with van der Waals surface area (Å²) in [4.78, 5) is 44.6. The molecule has 0 aliphatic carbocycles. The molecule has 36 heavy (non-hydrogen) atoms. The van der Waals surface area contributed by atoms with Gasteiger partial charge in [0.05, 0.1) is 11.3 Å². The maximum Gasteiger partial charge on any atom is 0.257 e. The Morgan fingerprint density at radius 2 is 1.69 bits per heavy atom. The molecule has 0 aromatic heterocycles. The van der Waals surface area contributed by atoms with Crippen LogP contribution < -0.4 is 10.2 Å². The van der Waals surface area contributed by atoms with Crippen molar-refractivity contribution in [2.45, 2.75) is 70.6 Å². The van der Waals surface area contributed by atoms with Gasteiger partial charge in [-0.1, -0.05) is 42.8 Å². The fraction of sp³-hybridized carbons (Fsp3) is 0.483. The zero-order valence-corrected chi connectivity index (χ0v) is 21.2. The molecule has 3 amide bonds. The fourth-order valence-electron chi connectivity index (χ4n) is 5.87. The molecule has 1 atom stereocenters. The predicted molar refractivity (Wildman–Crippen MR) is 139 cm³/mol. The number of benzene rings is 2. The van der Waals surface area contributed by atoms with Crippen LogP contribution in [0.1, 0.15) is 73.4 Å².